The molecule has 0 radical (unpaired) electrons. The molecule has 0 saturated carbocycles. The van der Waals surface area contributed by atoms with Gasteiger partial charge in [0.25, 0.3) is 0 Å². The quantitative estimate of drug-likeness (QED) is 0.740. The Kier molecular flexibility index (Phi) is 4.74. The number of hydrogen-bond acceptors (Lipinski definition) is 2. The summed E-state index contributed by atoms with van der Waals surface area (Å²) >= 11 is 0. The van der Waals surface area contributed by atoms with E-state index in [1.165, 1.54) is 18.4 Å². The van der Waals surface area contributed by atoms with Crippen LogP contribution in [0.1, 0.15) is 50.5 Å². The summed E-state index contributed by atoms with van der Waals surface area (Å²) in [6, 6.07) is 12.0. The van der Waals surface area contributed by atoms with E-state index in [2.05, 4.69) is 42.3 Å². The molecule has 2 heteroatoms. The minimum Gasteiger partial charge on any atom is -0.300 e. The third-order valence-corrected chi connectivity index (χ3v) is 5.54. The molecule has 1 aromatic rings. The molecule has 1 aromatic carbocycles. The van der Waals surface area contributed by atoms with E-state index in [-0.39, 0.29) is 0 Å². The highest BCUT2D eigenvalue weighted by Gasteiger charge is 2.40. The van der Waals surface area contributed by atoms with E-state index in [1.807, 2.05) is 0 Å². The molecule has 3 rings (SSSR count). The van der Waals surface area contributed by atoms with Crippen molar-refractivity contribution < 1.29 is 4.79 Å². The van der Waals surface area contributed by atoms with Crippen molar-refractivity contribution in [3.8, 4) is 0 Å². The van der Waals surface area contributed by atoms with Gasteiger partial charge in [0.05, 0.1) is 0 Å². The summed E-state index contributed by atoms with van der Waals surface area (Å²) in [7, 11) is 2.24. The Labute approximate surface area is 128 Å². The Morgan fingerprint density at radius 3 is 2.43 bits per heavy atom. The van der Waals surface area contributed by atoms with Gasteiger partial charge in [-0.3, -0.25) is 4.79 Å². The molecular weight excluding hydrogens is 258 g/mol. The summed E-state index contributed by atoms with van der Waals surface area (Å²) in [5.41, 5.74) is 1.39. The Bertz CT molecular complexity index is 456. The lowest BCUT2D eigenvalue weighted by atomic mass is 9.86. The van der Waals surface area contributed by atoms with Crippen molar-refractivity contribution in [2.24, 2.45) is 5.92 Å². The maximum Gasteiger partial charge on any atom is 0.136 e. The molecule has 2 bridgehead atoms. The lowest BCUT2D eigenvalue weighted by Crippen LogP contribution is -2.42. The number of unbranched alkanes of at least 4 members (excludes halogenated alkanes) is 1. The fourth-order valence-corrected chi connectivity index (χ4v) is 4.15. The Morgan fingerprint density at radius 2 is 1.76 bits per heavy atom. The van der Waals surface area contributed by atoms with Crippen molar-refractivity contribution >= 4 is 5.78 Å². The van der Waals surface area contributed by atoms with E-state index in [0.29, 0.717) is 23.8 Å². The van der Waals surface area contributed by atoms with Crippen LogP contribution in [0.2, 0.25) is 0 Å². The number of ketones is 1. The summed E-state index contributed by atoms with van der Waals surface area (Å²) in [6.07, 6.45) is 8.92. The SMILES string of the molecule is CN1C2CCC1CC(C(=O)CCCCc1ccccc1)C2. The van der Waals surface area contributed by atoms with Crippen LogP contribution >= 0.6 is 0 Å². The maximum atomic E-state index is 12.4. The van der Waals surface area contributed by atoms with Crippen molar-refractivity contribution in [3.05, 3.63) is 35.9 Å². The topological polar surface area (TPSA) is 20.3 Å². The van der Waals surface area contributed by atoms with Crippen molar-refractivity contribution in [2.45, 2.75) is 63.5 Å². The molecule has 2 saturated heterocycles. The molecule has 2 aliphatic rings. The number of nitrogens with zero attached hydrogens (tertiary/aromatic N) is 1. The first kappa shape index (κ1) is 14.8. The molecule has 2 aliphatic heterocycles. The van der Waals surface area contributed by atoms with E-state index in [9.17, 15) is 4.79 Å². The number of hydrogen-bond donors (Lipinski definition) is 0. The largest absolute Gasteiger partial charge is 0.300 e. The van der Waals surface area contributed by atoms with Crippen molar-refractivity contribution in [3.63, 3.8) is 0 Å². The minimum atomic E-state index is 0.357. The van der Waals surface area contributed by atoms with Gasteiger partial charge in [-0.1, -0.05) is 30.3 Å². The highest BCUT2D eigenvalue weighted by atomic mass is 16.1. The van der Waals surface area contributed by atoms with Crippen LogP contribution in [0.5, 0.6) is 0 Å². The van der Waals surface area contributed by atoms with Gasteiger partial charge in [0, 0.05) is 24.4 Å². The zero-order chi connectivity index (χ0) is 14.7. The molecule has 0 spiro atoms. The van der Waals surface area contributed by atoms with Gasteiger partial charge in [-0.05, 0) is 57.6 Å². The lowest BCUT2D eigenvalue weighted by molar-refractivity contribution is -0.125. The zero-order valence-electron chi connectivity index (χ0n) is 13.1. The summed E-state index contributed by atoms with van der Waals surface area (Å²) in [5, 5.41) is 0. The van der Waals surface area contributed by atoms with Crippen LogP contribution in [0.4, 0.5) is 0 Å². The van der Waals surface area contributed by atoms with Gasteiger partial charge in [0.15, 0.2) is 0 Å². The zero-order valence-corrected chi connectivity index (χ0v) is 13.1. The predicted octanol–water partition coefficient (Wildman–Crippen LogP) is 3.84. The van der Waals surface area contributed by atoms with E-state index >= 15 is 0 Å². The van der Waals surface area contributed by atoms with Gasteiger partial charge < -0.3 is 4.90 Å². The van der Waals surface area contributed by atoms with Gasteiger partial charge in [0.1, 0.15) is 5.78 Å². The normalized spacial score (nSPS) is 28.7. The number of aryl methyl sites for hydroxylation is 1. The Balaban J connectivity index is 1.39. The van der Waals surface area contributed by atoms with Crippen LogP contribution in [0.3, 0.4) is 0 Å². The number of carbonyl (C=O) groups is 1. The molecule has 0 aliphatic carbocycles. The predicted molar refractivity (Wildman–Crippen MR) is 86.3 cm³/mol. The van der Waals surface area contributed by atoms with Crippen LogP contribution in [0, 0.1) is 5.92 Å². The Hall–Kier alpha value is -1.15. The van der Waals surface area contributed by atoms with E-state index < -0.39 is 0 Å². The number of carbonyl (C=O) groups excluding carboxylic acids is 1. The molecule has 0 N–H and O–H groups in total. The number of fused-ring (bicyclic) bond motifs is 2. The second kappa shape index (κ2) is 6.74. The van der Waals surface area contributed by atoms with Gasteiger partial charge >= 0.3 is 0 Å². The fourth-order valence-electron chi connectivity index (χ4n) is 4.15. The molecule has 21 heavy (non-hydrogen) atoms. The van der Waals surface area contributed by atoms with E-state index in [0.717, 1.165) is 38.5 Å². The van der Waals surface area contributed by atoms with Crippen LogP contribution in [-0.2, 0) is 11.2 Å². The third kappa shape index (κ3) is 3.55. The summed E-state index contributed by atoms with van der Waals surface area (Å²) < 4.78 is 0. The lowest BCUT2D eigenvalue weighted by Gasteiger charge is -2.35. The van der Waals surface area contributed by atoms with Gasteiger partial charge in [-0.2, -0.15) is 0 Å². The number of piperidine rings is 1. The summed E-state index contributed by atoms with van der Waals surface area (Å²) in [4.78, 5) is 14.9. The van der Waals surface area contributed by atoms with Crippen LogP contribution < -0.4 is 0 Å². The molecule has 0 amide bonds. The molecule has 2 heterocycles. The maximum absolute atomic E-state index is 12.4. The smallest absolute Gasteiger partial charge is 0.136 e. The van der Waals surface area contributed by atoms with E-state index in [4.69, 9.17) is 0 Å². The molecule has 0 aromatic heterocycles. The third-order valence-electron chi connectivity index (χ3n) is 5.54. The second-order valence-corrected chi connectivity index (χ2v) is 6.88. The molecule has 2 atom stereocenters. The summed E-state index contributed by atoms with van der Waals surface area (Å²) in [6.45, 7) is 0. The number of benzene rings is 1. The number of rotatable bonds is 6. The number of Topliss-reactive ketones (excluding diaryl/α,β-unsaturated/α-hetero) is 1. The van der Waals surface area contributed by atoms with Crippen LogP contribution in [0.15, 0.2) is 30.3 Å². The first-order valence-electron chi connectivity index (χ1n) is 8.52. The van der Waals surface area contributed by atoms with E-state index in [1.54, 1.807) is 0 Å². The Morgan fingerprint density at radius 1 is 1.10 bits per heavy atom. The van der Waals surface area contributed by atoms with Gasteiger partial charge in [-0.25, -0.2) is 0 Å². The molecule has 114 valence electrons. The van der Waals surface area contributed by atoms with Crippen LogP contribution in [-0.4, -0.2) is 29.8 Å². The molecular formula is C19H27NO. The van der Waals surface area contributed by atoms with Crippen molar-refractivity contribution in [1.29, 1.82) is 0 Å². The second-order valence-electron chi connectivity index (χ2n) is 6.88. The van der Waals surface area contributed by atoms with Crippen molar-refractivity contribution in [2.75, 3.05) is 7.05 Å². The summed E-state index contributed by atoms with van der Waals surface area (Å²) in [5.74, 6) is 0.892. The highest BCUT2D eigenvalue weighted by molar-refractivity contribution is 5.81. The van der Waals surface area contributed by atoms with Crippen molar-refractivity contribution in [1.82, 2.24) is 4.90 Å². The minimum absolute atomic E-state index is 0.357. The van der Waals surface area contributed by atoms with Crippen LogP contribution in [0.25, 0.3) is 0 Å². The molecule has 2 nitrogen and oxygen atoms in total. The average molecular weight is 285 g/mol. The fraction of sp³-hybridized carbons (Fsp3) is 0.632. The van der Waals surface area contributed by atoms with Gasteiger partial charge in [0.2, 0.25) is 0 Å². The monoisotopic (exact) mass is 285 g/mol. The van der Waals surface area contributed by atoms with Gasteiger partial charge in [-0.15, -0.1) is 0 Å². The molecule has 2 fully saturated rings. The highest BCUT2D eigenvalue weighted by Crippen LogP contribution is 2.38. The average Bonchev–Trinajstić information content (AvgIpc) is 2.74. The standard InChI is InChI=1S/C19H27NO/c1-20-17-11-12-18(20)14-16(13-17)19(21)10-6-5-9-15-7-3-2-4-8-15/h2-4,7-8,16-18H,5-6,9-14H2,1H3. The first-order chi connectivity index (χ1) is 10.2. The molecule has 2 unspecified atom stereocenters. The first-order valence-corrected chi connectivity index (χ1v) is 8.52.